The molecule has 0 saturated carbocycles. The van der Waals surface area contributed by atoms with Gasteiger partial charge in [0.15, 0.2) is 10.9 Å². The number of halogens is 1. The van der Waals surface area contributed by atoms with Crippen LogP contribution < -0.4 is 0 Å². The fraction of sp³-hybridized carbons (Fsp3) is 0.0667. The minimum Gasteiger partial charge on any atom is -0.459 e. The molecule has 0 amide bonds. The number of para-hydroxylation sites is 1. The lowest BCUT2D eigenvalue weighted by atomic mass is 10.3. The van der Waals surface area contributed by atoms with Gasteiger partial charge in [0.2, 0.25) is 5.89 Å². The lowest BCUT2D eigenvalue weighted by molar-refractivity contribution is 0.494. The SMILES string of the molecule is Fc1ccccc1-n1cnnc1SCc1nnc(-c2ccco2)o1. The van der Waals surface area contributed by atoms with Crippen molar-refractivity contribution in [2.24, 2.45) is 0 Å². The first-order chi connectivity index (χ1) is 11.8. The molecule has 0 unspecified atom stereocenters. The second kappa shape index (κ2) is 6.28. The van der Waals surface area contributed by atoms with Crippen molar-refractivity contribution >= 4 is 11.8 Å². The van der Waals surface area contributed by atoms with E-state index in [4.69, 9.17) is 8.83 Å². The summed E-state index contributed by atoms with van der Waals surface area (Å²) in [4.78, 5) is 0. The first-order valence-corrected chi connectivity index (χ1v) is 7.94. The van der Waals surface area contributed by atoms with Crippen molar-refractivity contribution in [1.29, 1.82) is 0 Å². The summed E-state index contributed by atoms with van der Waals surface area (Å²) in [6.07, 6.45) is 2.99. The Balaban J connectivity index is 1.52. The largest absolute Gasteiger partial charge is 0.459 e. The monoisotopic (exact) mass is 343 g/mol. The number of nitrogens with zero attached hydrogens (tertiary/aromatic N) is 5. The molecule has 0 saturated heterocycles. The molecule has 3 heterocycles. The van der Waals surface area contributed by atoms with E-state index in [1.807, 2.05) is 0 Å². The molecule has 0 aliphatic carbocycles. The molecule has 3 aromatic heterocycles. The minimum atomic E-state index is -0.350. The summed E-state index contributed by atoms with van der Waals surface area (Å²) < 4.78 is 26.2. The maximum Gasteiger partial charge on any atom is 0.283 e. The molecule has 0 bridgehead atoms. The number of hydrogen-bond acceptors (Lipinski definition) is 7. The number of furan rings is 1. The summed E-state index contributed by atoms with van der Waals surface area (Å²) in [5.74, 6) is 1.26. The lowest BCUT2D eigenvalue weighted by Crippen LogP contribution is -1.98. The predicted octanol–water partition coefficient (Wildman–Crippen LogP) is 3.34. The van der Waals surface area contributed by atoms with Crippen LogP contribution in [-0.2, 0) is 5.75 Å². The van der Waals surface area contributed by atoms with E-state index in [-0.39, 0.29) is 5.82 Å². The van der Waals surface area contributed by atoms with E-state index >= 15 is 0 Å². The van der Waals surface area contributed by atoms with Gasteiger partial charge in [-0.25, -0.2) is 4.39 Å². The van der Waals surface area contributed by atoms with Crippen molar-refractivity contribution < 1.29 is 13.2 Å². The van der Waals surface area contributed by atoms with Crippen LogP contribution in [0.15, 0.2) is 63.0 Å². The van der Waals surface area contributed by atoms with Crippen LogP contribution in [0.1, 0.15) is 5.89 Å². The van der Waals surface area contributed by atoms with Gasteiger partial charge in [0, 0.05) is 0 Å². The number of rotatable bonds is 5. The minimum absolute atomic E-state index is 0.311. The van der Waals surface area contributed by atoms with Crippen molar-refractivity contribution in [1.82, 2.24) is 25.0 Å². The van der Waals surface area contributed by atoms with Crippen molar-refractivity contribution in [3.63, 3.8) is 0 Å². The average Bonchev–Trinajstić information content (AvgIpc) is 3.34. The fourth-order valence-corrected chi connectivity index (χ4v) is 2.83. The summed E-state index contributed by atoms with van der Waals surface area (Å²) in [6, 6.07) is 9.90. The lowest BCUT2D eigenvalue weighted by Gasteiger charge is -2.05. The third-order valence-corrected chi connectivity index (χ3v) is 4.08. The average molecular weight is 343 g/mol. The zero-order chi connectivity index (χ0) is 16.4. The van der Waals surface area contributed by atoms with Crippen molar-refractivity contribution in [3.05, 3.63) is 60.7 Å². The van der Waals surface area contributed by atoms with Gasteiger partial charge in [-0.1, -0.05) is 23.9 Å². The number of benzene rings is 1. The molecule has 0 radical (unpaired) electrons. The van der Waals surface area contributed by atoms with Crippen LogP contribution in [0.3, 0.4) is 0 Å². The van der Waals surface area contributed by atoms with Crippen molar-refractivity contribution in [3.8, 4) is 17.3 Å². The summed E-state index contributed by atoms with van der Waals surface area (Å²) in [7, 11) is 0. The first kappa shape index (κ1) is 14.6. The molecule has 120 valence electrons. The van der Waals surface area contributed by atoms with Gasteiger partial charge in [0.1, 0.15) is 12.1 Å². The van der Waals surface area contributed by atoms with Gasteiger partial charge in [-0.3, -0.25) is 4.57 Å². The molecule has 0 atom stereocenters. The third kappa shape index (κ3) is 2.81. The zero-order valence-corrected chi connectivity index (χ0v) is 13.0. The van der Waals surface area contributed by atoms with E-state index < -0.39 is 0 Å². The Hall–Kier alpha value is -2.94. The van der Waals surface area contributed by atoms with Crippen molar-refractivity contribution in [2.45, 2.75) is 10.9 Å². The van der Waals surface area contributed by atoms with E-state index in [0.717, 1.165) is 0 Å². The Morgan fingerprint density at radius 3 is 2.83 bits per heavy atom. The second-order valence-electron chi connectivity index (χ2n) is 4.70. The standard InChI is InChI=1S/C15H10FN5O2S/c16-10-4-1-2-5-11(10)21-9-17-20-15(21)24-8-13-18-19-14(23-13)12-6-3-7-22-12/h1-7,9H,8H2. The molecule has 0 aliphatic heterocycles. The van der Waals surface area contributed by atoms with Crippen LogP contribution in [0.2, 0.25) is 0 Å². The Labute approximate surface area is 139 Å². The maximum absolute atomic E-state index is 13.9. The highest BCUT2D eigenvalue weighted by Gasteiger charge is 2.14. The van der Waals surface area contributed by atoms with Gasteiger partial charge in [-0.2, -0.15) is 0 Å². The summed E-state index contributed by atoms with van der Waals surface area (Å²) >= 11 is 1.32. The van der Waals surface area contributed by atoms with E-state index in [0.29, 0.717) is 34.1 Å². The van der Waals surface area contributed by atoms with E-state index in [2.05, 4.69) is 20.4 Å². The van der Waals surface area contributed by atoms with Crippen LogP contribution in [-0.4, -0.2) is 25.0 Å². The van der Waals surface area contributed by atoms with Gasteiger partial charge in [-0.15, -0.1) is 20.4 Å². The third-order valence-electron chi connectivity index (χ3n) is 3.15. The maximum atomic E-state index is 13.9. The van der Waals surface area contributed by atoms with Crippen LogP contribution in [0, 0.1) is 5.82 Å². The molecule has 24 heavy (non-hydrogen) atoms. The molecule has 0 spiro atoms. The topological polar surface area (TPSA) is 82.8 Å². The van der Waals surface area contributed by atoms with Gasteiger partial charge in [0.25, 0.3) is 5.89 Å². The second-order valence-corrected chi connectivity index (χ2v) is 5.64. The molecule has 7 nitrogen and oxygen atoms in total. The predicted molar refractivity (Wildman–Crippen MR) is 82.9 cm³/mol. The Morgan fingerprint density at radius 2 is 2.00 bits per heavy atom. The molecule has 0 aliphatic rings. The first-order valence-electron chi connectivity index (χ1n) is 6.95. The quantitative estimate of drug-likeness (QED) is 0.514. The molecular weight excluding hydrogens is 333 g/mol. The highest BCUT2D eigenvalue weighted by Crippen LogP contribution is 2.25. The summed E-state index contributed by atoms with van der Waals surface area (Å²) in [5, 5.41) is 16.3. The summed E-state index contributed by atoms with van der Waals surface area (Å²) in [5.41, 5.74) is 0.381. The molecule has 0 fully saturated rings. The molecule has 9 heteroatoms. The molecule has 4 aromatic rings. The number of hydrogen-bond donors (Lipinski definition) is 0. The summed E-state index contributed by atoms with van der Waals surface area (Å²) in [6.45, 7) is 0. The van der Waals surface area contributed by atoms with E-state index in [1.54, 1.807) is 34.9 Å². The molecular formula is C15H10FN5O2S. The van der Waals surface area contributed by atoms with Gasteiger partial charge in [-0.05, 0) is 24.3 Å². The van der Waals surface area contributed by atoms with Crippen molar-refractivity contribution in [2.75, 3.05) is 0 Å². The normalized spacial score (nSPS) is 11.0. The Bertz CT molecular complexity index is 950. The molecule has 1 aromatic carbocycles. The Morgan fingerprint density at radius 1 is 1.08 bits per heavy atom. The van der Waals surface area contributed by atoms with Crippen LogP contribution in [0.25, 0.3) is 17.3 Å². The smallest absolute Gasteiger partial charge is 0.283 e. The fourth-order valence-electron chi connectivity index (χ4n) is 2.07. The van der Waals surface area contributed by atoms with Gasteiger partial charge in [0.05, 0.1) is 17.7 Å². The van der Waals surface area contributed by atoms with Crippen LogP contribution in [0.5, 0.6) is 0 Å². The molecule has 4 rings (SSSR count). The number of thioether (sulfide) groups is 1. The number of aromatic nitrogens is 5. The van der Waals surface area contributed by atoms with Gasteiger partial charge < -0.3 is 8.83 Å². The Kier molecular flexibility index (Phi) is 3.83. The van der Waals surface area contributed by atoms with Crippen LogP contribution >= 0.6 is 11.8 Å². The zero-order valence-electron chi connectivity index (χ0n) is 12.2. The van der Waals surface area contributed by atoms with Gasteiger partial charge >= 0.3 is 0 Å². The highest BCUT2D eigenvalue weighted by molar-refractivity contribution is 7.98. The highest BCUT2D eigenvalue weighted by atomic mass is 32.2. The van der Waals surface area contributed by atoms with Crippen LogP contribution in [0.4, 0.5) is 4.39 Å². The molecule has 0 N–H and O–H groups in total. The van der Waals surface area contributed by atoms with E-state index in [9.17, 15) is 4.39 Å². The van der Waals surface area contributed by atoms with E-state index in [1.165, 1.54) is 30.4 Å².